The van der Waals surface area contributed by atoms with Gasteiger partial charge in [-0.3, -0.25) is 0 Å². The molecule has 3 heterocycles. The third-order valence-electron chi connectivity index (χ3n) is 11.5. The Kier molecular flexibility index (Phi) is 7.62. The topological polar surface area (TPSA) is 16.4 Å². The Labute approximate surface area is 343 Å². The quantitative estimate of drug-likeness (QED) is 0.167. The minimum atomic E-state index is 0.896. The highest BCUT2D eigenvalue weighted by Gasteiger charge is 2.20. The third-order valence-corrected chi connectivity index (χ3v) is 13.9. The fourth-order valence-electron chi connectivity index (χ4n) is 8.76. The van der Waals surface area contributed by atoms with Crippen LogP contribution in [0.2, 0.25) is 0 Å². The highest BCUT2D eigenvalue weighted by atomic mass is 32.1. The van der Waals surface area contributed by atoms with E-state index in [1.165, 1.54) is 57.2 Å². The van der Waals surface area contributed by atoms with Crippen LogP contribution in [0.3, 0.4) is 0 Å². The molecule has 0 aliphatic rings. The van der Waals surface area contributed by atoms with Crippen LogP contribution in [0.4, 0.5) is 17.1 Å². The second kappa shape index (κ2) is 13.3. The molecule has 3 aromatic heterocycles. The SMILES string of the molecule is c1ccc(-c2cccc3c2oc2ccc(-c4ccc(N(c5ccc(-c6cccc7c6sc6ccccc67)cc5)c5cccc6sc7ccccc7c56)cc4)cc23)cc1. The molecular formula is C54H33NOS2. The van der Waals surface area contributed by atoms with Gasteiger partial charge in [-0.1, -0.05) is 140 Å². The second-order valence-electron chi connectivity index (χ2n) is 14.8. The molecule has 0 saturated heterocycles. The maximum absolute atomic E-state index is 6.50. The Balaban J connectivity index is 0.970. The summed E-state index contributed by atoms with van der Waals surface area (Å²) < 4.78 is 11.7. The molecule has 0 amide bonds. The molecule has 0 fully saturated rings. The Morgan fingerprint density at radius 2 is 0.948 bits per heavy atom. The van der Waals surface area contributed by atoms with Gasteiger partial charge in [-0.25, -0.2) is 0 Å². The van der Waals surface area contributed by atoms with Gasteiger partial charge in [-0.15, -0.1) is 22.7 Å². The summed E-state index contributed by atoms with van der Waals surface area (Å²) in [5, 5.41) is 7.45. The number of nitrogens with zero attached hydrogens (tertiary/aromatic N) is 1. The average Bonchev–Trinajstić information content (AvgIpc) is 3.99. The number of thiophene rings is 2. The van der Waals surface area contributed by atoms with Crippen molar-refractivity contribution in [2.75, 3.05) is 4.90 Å². The minimum absolute atomic E-state index is 0.896. The van der Waals surface area contributed by atoms with Crippen molar-refractivity contribution in [3.8, 4) is 33.4 Å². The summed E-state index contributed by atoms with van der Waals surface area (Å²) in [7, 11) is 0. The van der Waals surface area contributed by atoms with E-state index in [0.717, 1.165) is 55.6 Å². The second-order valence-corrected chi connectivity index (χ2v) is 17.0. The number of rotatable bonds is 6. The Morgan fingerprint density at radius 1 is 0.362 bits per heavy atom. The van der Waals surface area contributed by atoms with Gasteiger partial charge in [0.05, 0.1) is 5.69 Å². The predicted molar refractivity (Wildman–Crippen MR) is 250 cm³/mol. The minimum Gasteiger partial charge on any atom is -0.455 e. The lowest BCUT2D eigenvalue weighted by Crippen LogP contribution is -2.10. The lowest BCUT2D eigenvalue weighted by Gasteiger charge is -2.27. The van der Waals surface area contributed by atoms with Crippen LogP contribution in [-0.2, 0) is 0 Å². The fraction of sp³-hybridized carbons (Fsp3) is 0. The van der Waals surface area contributed by atoms with E-state index < -0.39 is 0 Å². The molecule has 0 radical (unpaired) electrons. The van der Waals surface area contributed by atoms with Crippen molar-refractivity contribution in [2.24, 2.45) is 0 Å². The first-order valence-electron chi connectivity index (χ1n) is 19.6. The van der Waals surface area contributed by atoms with E-state index in [4.69, 9.17) is 4.42 Å². The van der Waals surface area contributed by atoms with Crippen LogP contribution in [0, 0.1) is 0 Å². The largest absolute Gasteiger partial charge is 0.455 e. The molecule has 0 spiro atoms. The smallest absolute Gasteiger partial charge is 0.143 e. The van der Waals surface area contributed by atoms with Crippen molar-refractivity contribution in [3.05, 3.63) is 200 Å². The Bertz CT molecular complexity index is 3500. The van der Waals surface area contributed by atoms with E-state index in [1.54, 1.807) is 0 Å². The Hall–Kier alpha value is -6.98. The van der Waals surface area contributed by atoms with Crippen molar-refractivity contribution in [3.63, 3.8) is 0 Å². The first-order valence-corrected chi connectivity index (χ1v) is 21.2. The van der Waals surface area contributed by atoms with Gasteiger partial charge in [0.15, 0.2) is 0 Å². The Morgan fingerprint density at radius 3 is 1.74 bits per heavy atom. The summed E-state index contributed by atoms with van der Waals surface area (Å²) in [5.74, 6) is 0. The zero-order valence-electron chi connectivity index (χ0n) is 31.2. The normalized spacial score (nSPS) is 11.8. The molecule has 272 valence electrons. The van der Waals surface area contributed by atoms with Crippen molar-refractivity contribution < 1.29 is 4.42 Å². The number of para-hydroxylation sites is 1. The summed E-state index contributed by atoms with van der Waals surface area (Å²) in [5.41, 5.74) is 12.3. The van der Waals surface area contributed by atoms with Crippen molar-refractivity contribution >= 4 is 102 Å². The van der Waals surface area contributed by atoms with E-state index in [2.05, 4.69) is 199 Å². The highest BCUT2D eigenvalue weighted by molar-refractivity contribution is 7.26. The molecule has 0 aliphatic heterocycles. The highest BCUT2D eigenvalue weighted by Crippen LogP contribution is 2.46. The van der Waals surface area contributed by atoms with Gasteiger partial charge in [-0.2, -0.15) is 0 Å². The van der Waals surface area contributed by atoms with Crippen LogP contribution in [-0.4, -0.2) is 0 Å². The third kappa shape index (κ3) is 5.30. The van der Waals surface area contributed by atoms with Gasteiger partial charge >= 0.3 is 0 Å². The molecule has 12 rings (SSSR count). The first kappa shape index (κ1) is 33.2. The van der Waals surface area contributed by atoms with E-state index in [1.807, 2.05) is 28.7 Å². The van der Waals surface area contributed by atoms with Gasteiger partial charge < -0.3 is 9.32 Å². The molecule has 0 bridgehead atoms. The zero-order chi connectivity index (χ0) is 38.2. The van der Waals surface area contributed by atoms with Crippen LogP contribution >= 0.6 is 22.7 Å². The molecule has 0 aliphatic carbocycles. The zero-order valence-corrected chi connectivity index (χ0v) is 32.9. The van der Waals surface area contributed by atoms with Crippen molar-refractivity contribution in [2.45, 2.75) is 0 Å². The summed E-state index contributed by atoms with van der Waals surface area (Å²) in [6.07, 6.45) is 0. The maximum Gasteiger partial charge on any atom is 0.143 e. The molecule has 12 aromatic rings. The summed E-state index contributed by atoms with van der Waals surface area (Å²) >= 11 is 3.73. The number of fused-ring (bicyclic) bond motifs is 9. The van der Waals surface area contributed by atoms with Crippen LogP contribution in [0.1, 0.15) is 0 Å². The number of furan rings is 1. The van der Waals surface area contributed by atoms with Gasteiger partial charge in [0.25, 0.3) is 0 Å². The molecule has 9 aromatic carbocycles. The van der Waals surface area contributed by atoms with E-state index in [-0.39, 0.29) is 0 Å². The monoisotopic (exact) mass is 775 g/mol. The molecule has 2 nitrogen and oxygen atoms in total. The maximum atomic E-state index is 6.50. The van der Waals surface area contributed by atoms with Crippen molar-refractivity contribution in [1.82, 2.24) is 0 Å². The van der Waals surface area contributed by atoms with Gasteiger partial charge in [0, 0.05) is 68.1 Å². The van der Waals surface area contributed by atoms with Crippen LogP contribution in [0.25, 0.3) is 95.7 Å². The summed E-state index contributed by atoms with van der Waals surface area (Å²) in [6, 6.07) is 72.6. The lowest BCUT2D eigenvalue weighted by atomic mass is 9.99. The number of hydrogen-bond acceptors (Lipinski definition) is 4. The lowest BCUT2D eigenvalue weighted by molar-refractivity contribution is 0.670. The van der Waals surface area contributed by atoms with E-state index in [9.17, 15) is 0 Å². The van der Waals surface area contributed by atoms with Crippen LogP contribution in [0.15, 0.2) is 205 Å². The van der Waals surface area contributed by atoms with Crippen LogP contribution in [0.5, 0.6) is 0 Å². The van der Waals surface area contributed by atoms with Gasteiger partial charge in [0.2, 0.25) is 0 Å². The van der Waals surface area contributed by atoms with Gasteiger partial charge in [-0.05, 0) is 88.5 Å². The number of hydrogen-bond donors (Lipinski definition) is 0. The molecule has 0 saturated carbocycles. The predicted octanol–water partition coefficient (Wildman–Crippen LogP) is 16.8. The van der Waals surface area contributed by atoms with E-state index in [0.29, 0.717) is 0 Å². The number of anilines is 3. The van der Waals surface area contributed by atoms with Crippen LogP contribution < -0.4 is 4.90 Å². The molecule has 4 heteroatoms. The summed E-state index contributed by atoms with van der Waals surface area (Å²) in [4.78, 5) is 2.42. The fourth-order valence-corrected chi connectivity index (χ4v) is 11.1. The average molecular weight is 776 g/mol. The molecule has 58 heavy (non-hydrogen) atoms. The molecule has 0 atom stereocenters. The van der Waals surface area contributed by atoms with Crippen molar-refractivity contribution in [1.29, 1.82) is 0 Å². The van der Waals surface area contributed by atoms with Gasteiger partial charge in [0.1, 0.15) is 11.2 Å². The summed E-state index contributed by atoms with van der Waals surface area (Å²) in [6.45, 7) is 0. The molecule has 0 unspecified atom stereocenters. The van der Waals surface area contributed by atoms with E-state index >= 15 is 0 Å². The molecular weight excluding hydrogens is 743 g/mol. The number of benzene rings is 9. The molecule has 0 N–H and O–H groups in total. The standard InChI is InChI=1S/C54H33NOS2/c1-2-11-35(12-3-1)40-15-8-17-43-46-33-37(27-32-48(46)56-53(40)43)34-23-28-38(29-24-34)55(47-19-10-22-51-52(47)45-14-5-7-21-50(45)57-51)39-30-25-36(26-31-39)41-16-9-18-44-42-13-4-6-20-49(42)58-54(41)44/h1-33H. The first-order chi connectivity index (χ1) is 28.7.